The molecule has 0 aliphatic carbocycles. The number of methoxy groups -OCH3 is 1. The number of ether oxygens (including phenoxy) is 2. The molecule has 3 rings (SSSR count). The highest BCUT2D eigenvalue weighted by Crippen LogP contribution is 2.31. The van der Waals surface area contributed by atoms with Crippen LogP contribution in [0.2, 0.25) is 0 Å². The third-order valence-corrected chi connectivity index (χ3v) is 6.53. The van der Waals surface area contributed by atoms with Gasteiger partial charge in [0.25, 0.3) is 0 Å². The number of carbonyl (C=O) groups is 2. The molecular formula is C20H37N4O4+. The van der Waals surface area contributed by atoms with Crippen molar-refractivity contribution >= 4 is 11.9 Å². The SMILES string of the molecule is COC(=O)C1CC2C(=O)N3CC(C)CCC3NC2[NH+](CCCOC(C)C)C1N. The molecule has 28 heavy (non-hydrogen) atoms. The molecule has 3 saturated heterocycles. The molecule has 7 unspecified atom stereocenters. The number of esters is 1. The molecule has 0 aromatic rings. The number of hydrogen-bond acceptors (Lipinski definition) is 6. The van der Waals surface area contributed by atoms with Crippen LogP contribution in [0.25, 0.3) is 0 Å². The standard InChI is InChI=1S/C20H36N4O4/c1-12(2)28-9-5-8-23-17(21)14(20(26)27-4)10-15-18(23)22-16-7-6-13(3)11-24(16)19(15)25/h12-18,22H,5-11,21H2,1-4H3/p+1. The van der Waals surface area contributed by atoms with Crippen LogP contribution in [0.15, 0.2) is 0 Å². The second-order valence-corrected chi connectivity index (χ2v) is 8.93. The van der Waals surface area contributed by atoms with E-state index in [9.17, 15) is 9.59 Å². The van der Waals surface area contributed by atoms with E-state index < -0.39 is 5.92 Å². The Bertz CT molecular complexity index is 572. The molecule has 160 valence electrons. The van der Waals surface area contributed by atoms with Gasteiger partial charge in [0, 0.05) is 13.0 Å². The summed E-state index contributed by atoms with van der Waals surface area (Å²) in [4.78, 5) is 28.8. The maximum Gasteiger partial charge on any atom is 0.316 e. The lowest BCUT2D eigenvalue weighted by molar-refractivity contribution is -0.965. The van der Waals surface area contributed by atoms with Crippen LogP contribution in [0, 0.1) is 17.8 Å². The minimum atomic E-state index is -0.461. The molecular weight excluding hydrogens is 360 g/mol. The van der Waals surface area contributed by atoms with E-state index in [0.717, 1.165) is 37.3 Å². The van der Waals surface area contributed by atoms with Gasteiger partial charge in [-0.05, 0) is 39.0 Å². The van der Waals surface area contributed by atoms with Crippen molar-refractivity contribution in [2.45, 2.75) is 71.1 Å². The summed E-state index contributed by atoms with van der Waals surface area (Å²) in [6, 6.07) is 0. The quantitative estimate of drug-likeness (QED) is 0.405. The van der Waals surface area contributed by atoms with E-state index in [1.807, 2.05) is 18.7 Å². The first-order chi connectivity index (χ1) is 13.3. The van der Waals surface area contributed by atoms with Gasteiger partial charge in [0.1, 0.15) is 11.8 Å². The minimum Gasteiger partial charge on any atom is -0.469 e. The smallest absolute Gasteiger partial charge is 0.316 e. The van der Waals surface area contributed by atoms with Crippen molar-refractivity contribution in [1.82, 2.24) is 10.2 Å². The van der Waals surface area contributed by atoms with E-state index in [1.54, 1.807) is 0 Å². The van der Waals surface area contributed by atoms with Crippen molar-refractivity contribution in [1.29, 1.82) is 0 Å². The van der Waals surface area contributed by atoms with Gasteiger partial charge in [-0.3, -0.25) is 15.3 Å². The predicted molar refractivity (Wildman–Crippen MR) is 104 cm³/mol. The van der Waals surface area contributed by atoms with E-state index in [4.69, 9.17) is 15.2 Å². The summed E-state index contributed by atoms with van der Waals surface area (Å²) in [6.45, 7) is 8.41. The molecule has 0 aromatic carbocycles. The zero-order valence-corrected chi connectivity index (χ0v) is 17.6. The first-order valence-electron chi connectivity index (χ1n) is 10.7. The number of nitrogens with zero attached hydrogens (tertiary/aromatic N) is 1. The van der Waals surface area contributed by atoms with E-state index in [-0.39, 0.29) is 42.4 Å². The van der Waals surface area contributed by atoms with Crippen LogP contribution in [0.4, 0.5) is 0 Å². The van der Waals surface area contributed by atoms with Crippen LogP contribution in [-0.2, 0) is 19.1 Å². The Labute approximate surface area is 168 Å². The highest BCUT2D eigenvalue weighted by molar-refractivity contribution is 5.82. The molecule has 3 fully saturated rings. The molecule has 0 radical (unpaired) electrons. The zero-order valence-electron chi connectivity index (χ0n) is 17.6. The fraction of sp³-hybridized carbons (Fsp3) is 0.900. The van der Waals surface area contributed by atoms with Gasteiger partial charge in [0.2, 0.25) is 5.91 Å². The lowest BCUT2D eigenvalue weighted by Gasteiger charge is -2.53. The Hall–Kier alpha value is -1.22. The van der Waals surface area contributed by atoms with E-state index in [2.05, 4.69) is 12.2 Å². The number of nitrogens with two attached hydrogens (primary N) is 1. The molecule has 3 heterocycles. The van der Waals surface area contributed by atoms with Gasteiger partial charge in [0.15, 0.2) is 12.3 Å². The second kappa shape index (κ2) is 9.07. The van der Waals surface area contributed by atoms with Crippen LogP contribution < -0.4 is 16.0 Å². The summed E-state index contributed by atoms with van der Waals surface area (Å²) in [5.41, 5.74) is 6.54. The molecule has 0 spiro atoms. The summed E-state index contributed by atoms with van der Waals surface area (Å²) < 4.78 is 10.7. The topological polar surface area (TPSA) is 98.3 Å². The Morgan fingerprint density at radius 1 is 1.39 bits per heavy atom. The molecule has 1 amide bonds. The normalized spacial score (nSPS) is 38.1. The van der Waals surface area contributed by atoms with E-state index in [0.29, 0.717) is 18.9 Å². The molecule has 8 nitrogen and oxygen atoms in total. The number of quaternary nitrogens is 1. The number of nitrogens with one attached hydrogen (secondary N) is 2. The van der Waals surface area contributed by atoms with Crippen LogP contribution in [0.1, 0.15) is 46.5 Å². The van der Waals surface area contributed by atoms with Crippen molar-refractivity contribution < 1.29 is 24.0 Å². The highest BCUT2D eigenvalue weighted by Gasteiger charge is 2.55. The third-order valence-electron chi connectivity index (χ3n) is 6.53. The molecule has 7 atom stereocenters. The van der Waals surface area contributed by atoms with Crippen LogP contribution in [0.5, 0.6) is 0 Å². The van der Waals surface area contributed by atoms with Gasteiger partial charge in [-0.15, -0.1) is 0 Å². The molecule has 4 N–H and O–H groups in total. The van der Waals surface area contributed by atoms with Crippen molar-refractivity contribution in [2.75, 3.05) is 26.8 Å². The van der Waals surface area contributed by atoms with Crippen molar-refractivity contribution in [3.8, 4) is 0 Å². The first-order valence-corrected chi connectivity index (χ1v) is 10.7. The summed E-state index contributed by atoms with van der Waals surface area (Å²) in [6.07, 6.45) is 3.19. The number of piperidine rings is 2. The third kappa shape index (κ3) is 4.35. The van der Waals surface area contributed by atoms with Gasteiger partial charge in [-0.25, -0.2) is 5.32 Å². The fourth-order valence-corrected chi connectivity index (χ4v) is 5.05. The van der Waals surface area contributed by atoms with Crippen LogP contribution in [0.3, 0.4) is 0 Å². The Morgan fingerprint density at radius 2 is 2.14 bits per heavy atom. The average Bonchev–Trinajstić information content (AvgIpc) is 2.66. The molecule has 0 aromatic heterocycles. The summed E-state index contributed by atoms with van der Waals surface area (Å²) >= 11 is 0. The summed E-state index contributed by atoms with van der Waals surface area (Å²) in [5.74, 6) is -0.346. The lowest BCUT2D eigenvalue weighted by Crippen LogP contribution is -3.26. The van der Waals surface area contributed by atoms with E-state index >= 15 is 0 Å². The Morgan fingerprint density at radius 3 is 2.82 bits per heavy atom. The largest absolute Gasteiger partial charge is 0.469 e. The number of hydrogen-bond donors (Lipinski definition) is 3. The number of likely N-dealkylation sites (tertiary alicyclic amines) is 1. The monoisotopic (exact) mass is 397 g/mol. The van der Waals surface area contributed by atoms with Gasteiger partial charge in [-0.1, -0.05) is 6.92 Å². The molecule has 0 bridgehead atoms. The molecule has 8 heteroatoms. The predicted octanol–water partition coefficient (Wildman–Crippen LogP) is -0.706. The molecule has 3 aliphatic rings. The zero-order chi connectivity index (χ0) is 20.4. The lowest BCUT2D eigenvalue weighted by atomic mass is 9.80. The Balaban J connectivity index is 1.78. The van der Waals surface area contributed by atoms with Gasteiger partial charge >= 0.3 is 5.97 Å². The van der Waals surface area contributed by atoms with Crippen LogP contribution in [-0.4, -0.2) is 68.2 Å². The van der Waals surface area contributed by atoms with Crippen molar-refractivity contribution in [3.05, 3.63) is 0 Å². The maximum atomic E-state index is 13.3. The van der Waals surface area contributed by atoms with Gasteiger partial charge in [0.05, 0.1) is 32.5 Å². The number of fused-ring (bicyclic) bond motifs is 2. The summed E-state index contributed by atoms with van der Waals surface area (Å²) in [5, 5.41) is 3.71. The van der Waals surface area contributed by atoms with Crippen LogP contribution >= 0.6 is 0 Å². The fourth-order valence-electron chi connectivity index (χ4n) is 5.05. The van der Waals surface area contributed by atoms with Crippen molar-refractivity contribution in [2.24, 2.45) is 23.5 Å². The minimum absolute atomic E-state index is 0.0582. The number of amides is 1. The van der Waals surface area contributed by atoms with E-state index in [1.165, 1.54) is 7.11 Å². The Kier molecular flexibility index (Phi) is 6.96. The number of carbonyl (C=O) groups excluding carboxylic acids is 2. The van der Waals surface area contributed by atoms with Crippen molar-refractivity contribution in [3.63, 3.8) is 0 Å². The van der Waals surface area contributed by atoms with Gasteiger partial charge < -0.3 is 19.3 Å². The summed E-state index contributed by atoms with van der Waals surface area (Å²) in [7, 11) is 1.39. The number of rotatable bonds is 6. The first kappa shape index (κ1) is 21.5. The molecule has 3 aliphatic heterocycles. The second-order valence-electron chi connectivity index (χ2n) is 8.93. The highest BCUT2D eigenvalue weighted by atomic mass is 16.5. The molecule has 0 saturated carbocycles. The van der Waals surface area contributed by atoms with Gasteiger partial charge in [-0.2, -0.15) is 0 Å². The average molecular weight is 398 g/mol. The maximum absolute atomic E-state index is 13.3.